The Bertz CT molecular complexity index is 1670. The van der Waals surface area contributed by atoms with E-state index in [1.54, 1.807) is 12.1 Å². The van der Waals surface area contributed by atoms with Crippen LogP contribution >= 0.6 is 23.5 Å². The smallest absolute Gasteiger partial charge is 0.367 e. The van der Waals surface area contributed by atoms with Crippen molar-refractivity contribution in [2.45, 2.75) is 42.4 Å². The molecule has 0 spiro atoms. The number of carbonyl (C=O) groups excluding carboxylic acids is 2. The largest absolute Gasteiger partial charge is 0.481 e. The van der Waals surface area contributed by atoms with E-state index in [1.165, 1.54) is 28.4 Å². The molecule has 14 nitrogen and oxygen atoms in total. The van der Waals surface area contributed by atoms with E-state index in [2.05, 4.69) is 20.8 Å². The third-order valence-corrected chi connectivity index (χ3v) is 9.10. The highest BCUT2D eigenvalue weighted by Gasteiger charge is 2.54. The minimum Gasteiger partial charge on any atom is -0.481 e. The van der Waals surface area contributed by atoms with Gasteiger partial charge in [-0.15, -0.1) is 28.6 Å². The number of hydrogen-bond donors (Lipinski definition) is 4. The van der Waals surface area contributed by atoms with E-state index in [0.29, 0.717) is 22.9 Å². The molecule has 1 saturated heterocycles. The maximum atomic E-state index is 13.1. The van der Waals surface area contributed by atoms with Gasteiger partial charge in [0, 0.05) is 18.1 Å². The molecule has 2 aliphatic rings. The number of hydrogen-bond acceptors (Lipinski definition) is 10. The molecule has 0 aliphatic carbocycles. The molecule has 2 aromatic heterocycles. The molecular weight excluding hydrogens is 586 g/mol. The number of rotatable bonds is 12. The first-order valence-corrected chi connectivity index (χ1v) is 14.9. The highest BCUT2D eigenvalue weighted by molar-refractivity contribution is 8.01. The van der Waals surface area contributed by atoms with Gasteiger partial charge in [0.1, 0.15) is 22.1 Å². The normalized spacial score (nSPS) is 18.1. The monoisotopic (exact) mass is 613 g/mol. The summed E-state index contributed by atoms with van der Waals surface area (Å²) in [4.78, 5) is 62.7. The summed E-state index contributed by atoms with van der Waals surface area (Å²) in [6.07, 6.45) is -0.165. The first-order valence-electron chi connectivity index (χ1n) is 12.9. The summed E-state index contributed by atoms with van der Waals surface area (Å²) < 4.78 is 2.09. The number of benzene rings is 1. The quantitative estimate of drug-likeness (QED) is 0.160. The van der Waals surface area contributed by atoms with Crippen molar-refractivity contribution in [3.8, 4) is 0 Å². The third kappa shape index (κ3) is 5.91. The zero-order valence-corrected chi connectivity index (χ0v) is 24.0. The Morgan fingerprint density at radius 1 is 1.10 bits per heavy atom. The number of nitrogens with zero attached hydrogens (tertiary/aromatic N) is 5. The van der Waals surface area contributed by atoms with Crippen LogP contribution in [0.3, 0.4) is 0 Å². The van der Waals surface area contributed by atoms with Crippen LogP contribution in [0.2, 0.25) is 0 Å². The van der Waals surface area contributed by atoms with Crippen LogP contribution in [0, 0.1) is 0 Å². The summed E-state index contributed by atoms with van der Waals surface area (Å²) in [7, 11) is 1.82. The number of nitrogens with one attached hydrogen (secondary N) is 2. The average Bonchev–Trinajstić information content (AvgIpc) is 3.28. The van der Waals surface area contributed by atoms with Crippen molar-refractivity contribution in [2.75, 3.05) is 18.6 Å². The lowest BCUT2D eigenvalue weighted by Crippen LogP contribution is -2.70. The summed E-state index contributed by atoms with van der Waals surface area (Å²) in [5, 5.41) is 32.9. The van der Waals surface area contributed by atoms with Gasteiger partial charge in [-0.1, -0.05) is 24.3 Å². The highest BCUT2D eigenvalue weighted by atomic mass is 32.2. The van der Waals surface area contributed by atoms with Gasteiger partial charge >= 0.3 is 17.6 Å². The van der Waals surface area contributed by atoms with Crippen LogP contribution in [0.25, 0.3) is 5.65 Å². The Kier molecular flexibility index (Phi) is 8.65. The number of fused-ring (bicyclic) bond motifs is 2. The van der Waals surface area contributed by atoms with Gasteiger partial charge in [0.15, 0.2) is 5.65 Å². The molecule has 0 radical (unpaired) electrons. The fourth-order valence-electron chi connectivity index (χ4n) is 4.76. The number of aromatic nitrogens is 4. The molecule has 4 heterocycles. The van der Waals surface area contributed by atoms with Crippen LogP contribution in [-0.2, 0) is 38.7 Å². The van der Waals surface area contributed by atoms with Crippen molar-refractivity contribution in [1.29, 1.82) is 0 Å². The number of aryl methyl sites for hydroxylation is 1. The predicted molar refractivity (Wildman–Crippen MR) is 153 cm³/mol. The molecule has 220 valence electrons. The lowest BCUT2D eigenvalue weighted by molar-refractivity contribution is -0.150. The third-order valence-electron chi connectivity index (χ3n) is 6.75. The van der Waals surface area contributed by atoms with Gasteiger partial charge < -0.3 is 20.8 Å². The molecule has 3 aromatic rings. The van der Waals surface area contributed by atoms with Gasteiger partial charge in [-0.3, -0.25) is 19.3 Å². The van der Waals surface area contributed by atoms with Gasteiger partial charge in [-0.2, -0.15) is 9.61 Å². The van der Waals surface area contributed by atoms with E-state index in [9.17, 15) is 29.1 Å². The summed E-state index contributed by atoms with van der Waals surface area (Å²) in [5.41, 5.74) is 1.89. The Morgan fingerprint density at radius 2 is 1.86 bits per heavy atom. The molecule has 2 aliphatic heterocycles. The second kappa shape index (κ2) is 12.4. The highest BCUT2D eigenvalue weighted by Crippen LogP contribution is 2.41. The second-order valence-electron chi connectivity index (χ2n) is 9.57. The van der Waals surface area contributed by atoms with Crippen LogP contribution in [0.4, 0.5) is 0 Å². The van der Waals surface area contributed by atoms with E-state index >= 15 is 0 Å². The summed E-state index contributed by atoms with van der Waals surface area (Å²) in [6.45, 7) is 0.504. The van der Waals surface area contributed by atoms with Crippen LogP contribution in [-0.4, -0.2) is 88.2 Å². The maximum absolute atomic E-state index is 13.1. The Labute approximate surface area is 247 Å². The zero-order valence-electron chi connectivity index (χ0n) is 22.3. The molecule has 0 saturated carbocycles. The van der Waals surface area contributed by atoms with E-state index in [4.69, 9.17) is 5.11 Å². The predicted octanol–water partition coefficient (Wildman–Crippen LogP) is 0.159. The SMILES string of the molecule is CNCc1ccccc1CC(=O)NC1C(=O)N2C(C(=O)O)=C(CSc3ccc4nn(CCC(=O)O)c(=O)n4n3)CS[C@@H]12. The van der Waals surface area contributed by atoms with Crippen LogP contribution in [0.1, 0.15) is 17.5 Å². The fourth-order valence-corrected chi connectivity index (χ4v) is 7.10. The van der Waals surface area contributed by atoms with Crippen LogP contribution in [0.15, 0.2) is 57.5 Å². The van der Waals surface area contributed by atoms with Crippen molar-refractivity contribution in [3.05, 3.63) is 69.3 Å². The fraction of sp³-hybridized carbons (Fsp3) is 0.346. The van der Waals surface area contributed by atoms with Crippen molar-refractivity contribution in [1.82, 2.24) is 34.9 Å². The van der Waals surface area contributed by atoms with Gasteiger partial charge in [0.2, 0.25) is 5.91 Å². The maximum Gasteiger partial charge on any atom is 0.367 e. The van der Waals surface area contributed by atoms with E-state index < -0.39 is 35.0 Å². The minimum absolute atomic E-state index is 0.0950. The molecule has 42 heavy (non-hydrogen) atoms. The molecule has 16 heteroatoms. The molecule has 5 rings (SSSR count). The molecule has 1 aromatic carbocycles. The topological polar surface area (TPSA) is 188 Å². The second-order valence-corrected chi connectivity index (χ2v) is 11.7. The molecule has 2 atom stereocenters. The summed E-state index contributed by atoms with van der Waals surface area (Å²) >= 11 is 2.57. The van der Waals surface area contributed by atoms with Gasteiger partial charge in [0.05, 0.1) is 19.4 Å². The van der Waals surface area contributed by atoms with Crippen molar-refractivity contribution < 1.29 is 29.4 Å². The average molecular weight is 614 g/mol. The lowest BCUT2D eigenvalue weighted by Gasteiger charge is -2.49. The summed E-state index contributed by atoms with van der Waals surface area (Å²) in [6, 6.07) is 9.90. The molecular formula is C26H27N7O7S2. The Morgan fingerprint density at radius 3 is 2.57 bits per heavy atom. The number of carboxylic acid groups (broad SMARTS) is 2. The van der Waals surface area contributed by atoms with E-state index in [-0.39, 0.29) is 42.4 Å². The lowest BCUT2D eigenvalue weighted by atomic mass is 10.0. The van der Waals surface area contributed by atoms with Gasteiger partial charge in [-0.05, 0) is 35.9 Å². The standard InChI is InChI=1S/C26H27N7O7S2/c1-27-11-15-5-3-2-4-14(15)10-18(34)28-21-23(37)32-22(25(38)39)16(13-42-24(21)32)12-41-19-7-6-17-29-31(9-8-20(35)36)26(40)33(17)30-19/h2-7,21,24,27H,8-13H2,1H3,(H,28,34)(H,35,36)(H,38,39)/t21?,24-/m0/s1. The first kappa shape index (κ1) is 29.3. The number of β-lactam (4-membered cyclic amide) rings is 1. The number of amides is 2. The molecule has 0 bridgehead atoms. The molecule has 4 N–H and O–H groups in total. The number of thioether (sulfide) groups is 2. The number of aliphatic carboxylic acids is 2. The van der Waals surface area contributed by atoms with Gasteiger partial charge in [0.25, 0.3) is 5.91 Å². The van der Waals surface area contributed by atoms with Crippen molar-refractivity contribution in [3.63, 3.8) is 0 Å². The zero-order chi connectivity index (χ0) is 30.0. The number of carboxylic acids is 2. The van der Waals surface area contributed by atoms with E-state index in [0.717, 1.165) is 20.3 Å². The molecule has 1 unspecified atom stereocenters. The minimum atomic E-state index is -1.24. The van der Waals surface area contributed by atoms with Crippen LogP contribution in [0.5, 0.6) is 0 Å². The van der Waals surface area contributed by atoms with Crippen molar-refractivity contribution >= 4 is 52.9 Å². The Balaban J connectivity index is 1.26. The summed E-state index contributed by atoms with van der Waals surface area (Å²) in [5.74, 6) is -2.57. The molecule has 2 amide bonds. The van der Waals surface area contributed by atoms with Crippen molar-refractivity contribution in [2.24, 2.45) is 0 Å². The van der Waals surface area contributed by atoms with Gasteiger partial charge in [-0.25, -0.2) is 14.3 Å². The Hall–Kier alpha value is -4.15. The first-order chi connectivity index (χ1) is 20.2. The number of carbonyl (C=O) groups is 4. The van der Waals surface area contributed by atoms with Crippen LogP contribution < -0.4 is 16.3 Å². The van der Waals surface area contributed by atoms with E-state index in [1.807, 2.05) is 31.3 Å². The molecule has 1 fully saturated rings.